The SMILES string of the molecule is C1=CC(Oc2ccc(CCNCc3ccccc3)cc2)=CCC1. The predicted octanol–water partition coefficient (Wildman–Crippen LogP) is 4.63. The van der Waals surface area contributed by atoms with Crippen LogP contribution >= 0.6 is 0 Å². The highest BCUT2D eigenvalue weighted by atomic mass is 16.5. The van der Waals surface area contributed by atoms with E-state index in [1.165, 1.54) is 11.1 Å². The Labute approximate surface area is 138 Å². The molecule has 2 nitrogen and oxygen atoms in total. The summed E-state index contributed by atoms with van der Waals surface area (Å²) in [5.41, 5.74) is 2.65. The monoisotopic (exact) mass is 305 g/mol. The molecule has 0 heterocycles. The molecule has 0 amide bonds. The molecule has 0 saturated heterocycles. The standard InChI is InChI=1S/C21H23NO/c1-3-7-19(8-4-1)17-22-16-15-18-11-13-21(14-12-18)23-20-9-5-2-6-10-20/h1,3-5,7-14,22H,2,6,15-17H2. The van der Waals surface area contributed by atoms with Gasteiger partial charge in [0, 0.05) is 6.54 Å². The molecule has 0 aromatic heterocycles. The van der Waals surface area contributed by atoms with Gasteiger partial charge in [-0.2, -0.15) is 0 Å². The van der Waals surface area contributed by atoms with E-state index in [-0.39, 0.29) is 0 Å². The molecular formula is C21H23NO. The third-order valence-corrected chi connectivity index (χ3v) is 3.88. The van der Waals surface area contributed by atoms with Crippen molar-refractivity contribution in [2.24, 2.45) is 0 Å². The van der Waals surface area contributed by atoms with Crippen molar-refractivity contribution in [3.8, 4) is 5.75 Å². The number of allylic oxidation sites excluding steroid dienone is 3. The van der Waals surface area contributed by atoms with E-state index in [9.17, 15) is 0 Å². The van der Waals surface area contributed by atoms with Crippen molar-refractivity contribution in [1.29, 1.82) is 0 Å². The van der Waals surface area contributed by atoms with Crippen LogP contribution < -0.4 is 10.1 Å². The van der Waals surface area contributed by atoms with Crippen LogP contribution in [-0.2, 0) is 13.0 Å². The smallest absolute Gasteiger partial charge is 0.127 e. The maximum absolute atomic E-state index is 5.85. The summed E-state index contributed by atoms with van der Waals surface area (Å²) >= 11 is 0. The zero-order valence-electron chi connectivity index (χ0n) is 13.4. The molecule has 2 aromatic carbocycles. The van der Waals surface area contributed by atoms with Gasteiger partial charge in [0.05, 0.1) is 0 Å². The average Bonchev–Trinajstić information content (AvgIpc) is 2.62. The molecule has 0 saturated carbocycles. The first-order valence-corrected chi connectivity index (χ1v) is 8.28. The normalized spacial score (nSPS) is 13.7. The Hall–Kier alpha value is -2.32. The van der Waals surface area contributed by atoms with Crippen LogP contribution in [0.4, 0.5) is 0 Å². The largest absolute Gasteiger partial charge is 0.458 e. The van der Waals surface area contributed by atoms with E-state index >= 15 is 0 Å². The van der Waals surface area contributed by atoms with Crippen molar-refractivity contribution in [2.45, 2.75) is 25.8 Å². The van der Waals surface area contributed by atoms with Crippen LogP contribution in [0.15, 0.2) is 78.6 Å². The first-order valence-electron chi connectivity index (χ1n) is 8.28. The molecule has 0 aliphatic heterocycles. The van der Waals surface area contributed by atoms with Crippen molar-refractivity contribution < 1.29 is 4.74 Å². The molecule has 0 unspecified atom stereocenters. The highest BCUT2D eigenvalue weighted by Gasteiger charge is 2.01. The Morgan fingerprint density at radius 2 is 1.70 bits per heavy atom. The van der Waals surface area contributed by atoms with Crippen LogP contribution in [0.25, 0.3) is 0 Å². The van der Waals surface area contributed by atoms with E-state index in [4.69, 9.17) is 4.74 Å². The van der Waals surface area contributed by atoms with Crippen LogP contribution in [0.5, 0.6) is 5.75 Å². The number of hydrogen-bond donors (Lipinski definition) is 1. The second kappa shape index (κ2) is 8.35. The lowest BCUT2D eigenvalue weighted by atomic mass is 10.1. The lowest BCUT2D eigenvalue weighted by Crippen LogP contribution is -2.16. The maximum Gasteiger partial charge on any atom is 0.127 e. The minimum absolute atomic E-state index is 0.906. The van der Waals surface area contributed by atoms with Gasteiger partial charge in [0.1, 0.15) is 11.5 Å². The molecule has 0 spiro atoms. The summed E-state index contributed by atoms with van der Waals surface area (Å²) in [5.74, 6) is 1.86. The maximum atomic E-state index is 5.85. The first kappa shape index (κ1) is 15.6. The minimum Gasteiger partial charge on any atom is -0.458 e. The van der Waals surface area contributed by atoms with Crippen LogP contribution in [0.1, 0.15) is 24.0 Å². The lowest BCUT2D eigenvalue weighted by Gasteiger charge is -2.10. The van der Waals surface area contributed by atoms with Crippen molar-refractivity contribution >= 4 is 0 Å². The summed E-state index contributed by atoms with van der Waals surface area (Å²) in [6.07, 6.45) is 9.54. The second-order valence-corrected chi connectivity index (χ2v) is 5.74. The summed E-state index contributed by atoms with van der Waals surface area (Å²) in [5, 5.41) is 3.48. The molecule has 2 aromatic rings. The van der Waals surface area contributed by atoms with E-state index in [2.05, 4.69) is 66.0 Å². The van der Waals surface area contributed by atoms with Crippen molar-refractivity contribution in [2.75, 3.05) is 6.54 Å². The zero-order valence-corrected chi connectivity index (χ0v) is 13.4. The van der Waals surface area contributed by atoms with Crippen LogP contribution in [0.3, 0.4) is 0 Å². The summed E-state index contributed by atoms with van der Waals surface area (Å²) in [7, 11) is 0. The van der Waals surface area contributed by atoms with Gasteiger partial charge in [-0.3, -0.25) is 0 Å². The minimum atomic E-state index is 0.906. The fourth-order valence-electron chi connectivity index (χ4n) is 2.59. The second-order valence-electron chi connectivity index (χ2n) is 5.74. The van der Waals surface area contributed by atoms with Gasteiger partial charge >= 0.3 is 0 Å². The number of rotatable bonds is 7. The number of ether oxygens (including phenoxy) is 1. The quantitative estimate of drug-likeness (QED) is 0.753. The molecule has 1 aliphatic carbocycles. The summed E-state index contributed by atoms with van der Waals surface area (Å²) in [6, 6.07) is 18.9. The van der Waals surface area contributed by atoms with Crippen molar-refractivity contribution in [1.82, 2.24) is 5.32 Å². The molecule has 3 rings (SSSR count). The van der Waals surface area contributed by atoms with Crippen LogP contribution in [-0.4, -0.2) is 6.54 Å². The molecular weight excluding hydrogens is 282 g/mol. The van der Waals surface area contributed by atoms with E-state index < -0.39 is 0 Å². The Morgan fingerprint density at radius 3 is 2.43 bits per heavy atom. The predicted molar refractivity (Wildman–Crippen MR) is 95.4 cm³/mol. The van der Waals surface area contributed by atoms with Gasteiger partial charge in [-0.25, -0.2) is 0 Å². The third-order valence-electron chi connectivity index (χ3n) is 3.88. The number of nitrogens with one attached hydrogen (secondary N) is 1. The van der Waals surface area contributed by atoms with Gasteiger partial charge in [0.2, 0.25) is 0 Å². The molecule has 1 aliphatic rings. The summed E-state index contributed by atoms with van der Waals surface area (Å²) in [6.45, 7) is 1.89. The lowest BCUT2D eigenvalue weighted by molar-refractivity contribution is 0.439. The van der Waals surface area contributed by atoms with Crippen molar-refractivity contribution in [3.63, 3.8) is 0 Å². The Balaban J connectivity index is 1.42. The Kier molecular flexibility index (Phi) is 5.65. The topological polar surface area (TPSA) is 21.3 Å². The average molecular weight is 305 g/mol. The zero-order chi connectivity index (χ0) is 15.7. The van der Waals surface area contributed by atoms with E-state index in [1.807, 2.05) is 12.1 Å². The molecule has 0 fully saturated rings. The number of hydrogen-bond acceptors (Lipinski definition) is 2. The third kappa shape index (κ3) is 5.11. The van der Waals surface area contributed by atoms with Gasteiger partial charge < -0.3 is 10.1 Å². The van der Waals surface area contributed by atoms with Crippen LogP contribution in [0, 0.1) is 0 Å². The van der Waals surface area contributed by atoms with Crippen LogP contribution in [0.2, 0.25) is 0 Å². The Morgan fingerprint density at radius 1 is 0.870 bits per heavy atom. The fraction of sp³-hybridized carbons (Fsp3) is 0.238. The van der Waals surface area contributed by atoms with E-state index in [0.29, 0.717) is 0 Å². The highest BCUT2D eigenvalue weighted by molar-refractivity contribution is 5.31. The van der Waals surface area contributed by atoms with Gasteiger partial charge in [0.25, 0.3) is 0 Å². The van der Waals surface area contributed by atoms with Gasteiger partial charge in [-0.1, -0.05) is 48.5 Å². The van der Waals surface area contributed by atoms with Crippen molar-refractivity contribution in [3.05, 3.63) is 89.7 Å². The number of benzene rings is 2. The molecule has 118 valence electrons. The van der Waals surface area contributed by atoms with E-state index in [0.717, 1.165) is 43.9 Å². The Bertz CT molecular complexity index is 656. The summed E-state index contributed by atoms with van der Waals surface area (Å²) in [4.78, 5) is 0. The molecule has 0 bridgehead atoms. The van der Waals surface area contributed by atoms with Gasteiger partial charge in [-0.15, -0.1) is 0 Å². The highest BCUT2D eigenvalue weighted by Crippen LogP contribution is 2.18. The molecule has 1 N–H and O–H groups in total. The molecule has 23 heavy (non-hydrogen) atoms. The van der Waals surface area contributed by atoms with E-state index in [1.54, 1.807) is 0 Å². The fourth-order valence-corrected chi connectivity index (χ4v) is 2.59. The summed E-state index contributed by atoms with van der Waals surface area (Å²) < 4.78 is 5.85. The molecule has 2 heteroatoms. The van der Waals surface area contributed by atoms with Gasteiger partial charge in [0.15, 0.2) is 0 Å². The molecule has 0 atom stereocenters. The molecule has 0 radical (unpaired) electrons. The van der Waals surface area contributed by atoms with Gasteiger partial charge in [-0.05, 0) is 61.2 Å². The first-order chi connectivity index (χ1) is 11.4.